The molecule has 1 aromatic carbocycles. The molecule has 1 aliphatic heterocycles. The van der Waals surface area contributed by atoms with Crippen molar-refractivity contribution in [2.45, 2.75) is 13.0 Å². The SMILES string of the molecule is O=C(c1csnn1)N1CCc2[nH]nc(-c3ccccc3F)c2C1. The van der Waals surface area contributed by atoms with Crippen LogP contribution in [0.15, 0.2) is 29.6 Å². The second kappa shape index (κ2) is 5.54. The van der Waals surface area contributed by atoms with Crippen molar-refractivity contribution in [1.82, 2.24) is 24.7 Å². The quantitative estimate of drug-likeness (QED) is 0.782. The Bertz CT molecular complexity index is 861. The molecule has 0 bridgehead atoms. The van der Waals surface area contributed by atoms with Gasteiger partial charge < -0.3 is 4.90 Å². The van der Waals surface area contributed by atoms with Crippen molar-refractivity contribution >= 4 is 17.4 Å². The maximum Gasteiger partial charge on any atom is 0.275 e. The van der Waals surface area contributed by atoms with Gasteiger partial charge in [0.05, 0.1) is 6.54 Å². The van der Waals surface area contributed by atoms with Gasteiger partial charge in [0.25, 0.3) is 5.91 Å². The maximum atomic E-state index is 14.1. The van der Waals surface area contributed by atoms with Gasteiger partial charge in [0.15, 0.2) is 5.69 Å². The molecule has 0 saturated carbocycles. The molecule has 0 saturated heterocycles. The molecule has 0 fully saturated rings. The minimum Gasteiger partial charge on any atom is -0.332 e. The van der Waals surface area contributed by atoms with Crippen LogP contribution in [0.2, 0.25) is 0 Å². The summed E-state index contributed by atoms with van der Waals surface area (Å²) in [5.74, 6) is -0.487. The number of nitrogens with zero attached hydrogens (tertiary/aromatic N) is 4. The van der Waals surface area contributed by atoms with E-state index in [1.54, 1.807) is 28.5 Å². The monoisotopic (exact) mass is 329 g/mol. The summed E-state index contributed by atoms with van der Waals surface area (Å²) in [6.45, 7) is 0.953. The van der Waals surface area contributed by atoms with E-state index in [1.807, 2.05) is 0 Å². The van der Waals surface area contributed by atoms with Crippen LogP contribution in [0.5, 0.6) is 0 Å². The Morgan fingerprint density at radius 2 is 2.22 bits per heavy atom. The van der Waals surface area contributed by atoms with Crippen molar-refractivity contribution < 1.29 is 9.18 Å². The number of amides is 1. The highest BCUT2D eigenvalue weighted by Gasteiger charge is 2.28. The van der Waals surface area contributed by atoms with Crippen LogP contribution in [0.1, 0.15) is 21.7 Å². The van der Waals surface area contributed by atoms with Gasteiger partial charge in [-0.2, -0.15) is 5.10 Å². The van der Waals surface area contributed by atoms with Gasteiger partial charge in [-0.25, -0.2) is 4.39 Å². The first-order chi connectivity index (χ1) is 11.2. The van der Waals surface area contributed by atoms with E-state index in [4.69, 9.17) is 0 Å². The number of hydrogen-bond donors (Lipinski definition) is 1. The molecule has 23 heavy (non-hydrogen) atoms. The summed E-state index contributed by atoms with van der Waals surface area (Å²) in [6, 6.07) is 6.51. The van der Waals surface area contributed by atoms with Crippen molar-refractivity contribution in [1.29, 1.82) is 0 Å². The minimum atomic E-state index is -0.325. The van der Waals surface area contributed by atoms with E-state index in [-0.39, 0.29) is 11.7 Å². The lowest BCUT2D eigenvalue weighted by Crippen LogP contribution is -2.36. The molecule has 116 valence electrons. The molecule has 8 heteroatoms. The number of carbonyl (C=O) groups is 1. The zero-order chi connectivity index (χ0) is 15.8. The standard InChI is InChI=1S/C15H12FN5OS/c16-11-4-2-1-3-9(11)14-10-7-21(6-5-12(10)17-19-14)15(22)13-8-23-20-18-13/h1-4,8H,5-7H2,(H,17,19). The van der Waals surface area contributed by atoms with Gasteiger partial charge in [0, 0.05) is 35.2 Å². The van der Waals surface area contributed by atoms with Crippen molar-refractivity contribution in [2.75, 3.05) is 6.54 Å². The normalized spacial score (nSPS) is 13.9. The van der Waals surface area contributed by atoms with E-state index >= 15 is 0 Å². The van der Waals surface area contributed by atoms with Crippen LogP contribution < -0.4 is 0 Å². The average molecular weight is 329 g/mol. The number of H-pyrrole nitrogens is 1. The molecule has 2 aromatic heterocycles. The lowest BCUT2D eigenvalue weighted by Gasteiger charge is -2.26. The number of hydrogen-bond acceptors (Lipinski definition) is 5. The van der Waals surface area contributed by atoms with Crippen LogP contribution in [0.25, 0.3) is 11.3 Å². The molecule has 0 spiro atoms. The molecule has 0 atom stereocenters. The van der Waals surface area contributed by atoms with Crippen LogP contribution in [0, 0.1) is 5.82 Å². The second-order valence-electron chi connectivity index (χ2n) is 5.28. The predicted octanol–water partition coefficient (Wildman–Crippen LogP) is 2.27. The van der Waals surface area contributed by atoms with Gasteiger partial charge in [-0.15, -0.1) is 5.10 Å². The fourth-order valence-electron chi connectivity index (χ4n) is 2.76. The van der Waals surface area contributed by atoms with Crippen molar-refractivity contribution in [3.63, 3.8) is 0 Å². The Morgan fingerprint density at radius 3 is 3.00 bits per heavy atom. The summed E-state index contributed by atoms with van der Waals surface area (Å²) in [6.07, 6.45) is 0.653. The van der Waals surface area contributed by atoms with Gasteiger partial charge in [-0.3, -0.25) is 9.89 Å². The van der Waals surface area contributed by atoms with E-state index < -0.39 is 0 Å². The molecule has 3 aromatic rings. The topological polar surface area (TPSA) is 74.8 Å². The Balaban J connectivity index is 1.68. The van der Waals surface area contributed by atoms with Gasteiger partial charge in [-0.05, 0) is 23.7 Å². The number of carbonyl (C=O) groups excluding carboxylic acids is 1. The van der Waals surface area contributed by atoms with Crippen molar-refractivity contribution in [2.24, 2.45) is 0 Å². The molecule has 1 N–H and O–H groups in total. The van der Waals surface area contributed by atoms with E-state index in [1.165, 1.54) is 6.07 Å². The zero-order valence-electron chi connectivity index (χ0n) is 12.0. The maximum absolute atomic E-state index is 14.1. The number of aromatic amines is 1. The van der Waals surface area contributed by atoms with E-state index in [0.717, 1.165) is 22.8 Å². The van der Waals surface area contributed by atoms with Crippen LogP contribution in [-0.4, -0.2) is 37.1 Å². The van der Waals surface area contributed by atoms with Crippen LogP contribution in [0.4, 0.5) is 4.39 Å². The van der Waals surface area contributed by atoms with Crippen molar-refractivity contribution in [3.05, 3.63) is 52.4 Å². The first-order valence-corrected chi connectivity index (χ1v) is 7.95. The third-order valence-electron chi connectivity index (χ3n) is 3.93. The highest BCUT2D eigenvalue weighted by Crippen LogP contribution is 2.30. The Kier molecular flexibility index (Phi) is 3.38. The predicted molar refractivity (Wildman–Crippen MR) is 82.3 cm³/mol. The number of nitrogens with one attached hydrogen (secondary N) is 1. The molecule has 0 aliphatic carbocycles. The fourth-order valence-corrected chi connectivity index (χ4v) is 3.19. The van der Waals surface area contributed by atoms with Crippen LogP contribution in [-0.2, 0) is 13.0 Å². The molecule has 6 nitrogen and oxygen atoms in total. The van der Waals surface area contributed by atoms with E-state index in [9.17, 15) is 9.18 Å². The number of halogens is 1. The molecule has 1 amide bonds. The molecular weight excluding hydrogens is 317 g/mol. The highest BCUT2D eigenvalue weighted by atomic mass is 32.1. The Labute approximate surface area is 135 Å². The minimum absolute atomic E-state index is 0.162. The zero-order valence-corrected chi connectivity index (χ0v) is 12.8. The van der Waals surface area contributed by atoms with Crippen LogP contribution >= 0.6 is 11.5 Å². The highest BCUT2D eigenvalue weighted by molar-refractivity contribution is 7.03. The van der Waals surface area contributed by atoms with Crippen LogP contribution in [0.3, 0.4) is 0 Å². The van der Waals surface area contributed by atoms with Crippen molar-refractivity contribution in [3.8, 4) is 11.3 Å². The van der Waals surface area contributed by atoms with Gasteiger partial charge in [0.1, 0.15) is 11.5 Å². The Morgan fingerprint density at radius 1 is 1.35 bits per heavy atom. The summed E-state index contributed by atoms with van der Waals surface area (Å²) in [5, 5.41) is 12.7. The molecule has 4 rings (SSSR count). The molecule has 1 aliphatic rings. The number of fused-ring (bicyclic) bond motifs is 1. The summed E-state index contributed by atoms with van der Waals surface area (Å²) < 4.78 is 17.8. The summed E-state index contributed by atoms with van der Waals surface area (Å²) in [4.78, 5) is 14.1. The third-order valence-corrected chi connectivity index (χ3v) is 4.43. The molecule has 0 unspecified atom stereocenters. The smallest absolute Gasteiger partial charge is 0.275 e. The van der Waals surface area contributed by atoms with Gasteiger partial charge in [0.2, 0.25) is 0 Å². The fraction of sp³-hybridized carbons (Fsp3) is 0.200. The average Bonchev–Trinajstić information content (AvgIpc) is 3.24. The number of rotatable bonds is 2. The van der Waals surface area contributed by atoms with Gasteiger partial charge >= 0.3 is 0 Å². The lowest BCUT2D eigenvalue weighted by molar-refractivity contribution is 0.0728. The number of benzene rings is 1. The third kappa shape index (κ3) is 2.40. The first-order valence-electron chi connectivity index (χ1n) is 7.11. The largest absolute Gasteiger partial charge is 0.332 e. The van der Waals surface area contributed by atoms with E-state index in [0.29, 0.717) is 36.5 Å². The second-order valence-corrected chi connectivity index (χ2v) is 5.89. The summed E-state index contributed by atoms with van der Waals surface area (Å²) in [5.41, 5.74) is 3.15. The van der Waals surface area contributed by atoms with Gasteiger partial charge in [-0.1, -0.05) is 16.6 Å². The molecule has 3 heterocycles. The van der Waals surface area contributed by atoms with E-state index in [2.05, 4.69) is 19.8 Å². The lowest BCUT2D eigenvalue weighted by atomic mass is 10.0. The number of aromatic nitrogens is 4. The molecule has 0 radical (unpaired) electrons. The summed E-state index contributed by atoms with van der Waals surface area (Å²) >= 11 is 1.14. The summed E-state index contributed by atoms with van der Waals surface area (Å²) in [7, 11) is 0. The molecular formula is C15H12FN5OS. The Hall–Kier alpha value is -2.61. The first kappa shape index (κ1) is 14.0.